The van der Waals surface area contributed by atoms with Gasteiger partial charge in [-0.25, -0.2) is 13.1 Å². The summed E-state index contributed by atoms with van der Waals surface area (Å²) in [5.41, 5.74) is 0.833. The van der Waals surface area contributed by atoms with Crippen LogP contribution in [-0.2, 0) is 14.8 Å². The monoisotopic (exact) mass is 355 g/mol. The van der Waals surface area contributed by atoms with E-state index in [1.165, 1.54) is 13.8 Å². The molecule has 18 heavy (non-hydrogen) atoms. The third-order valence-corrected chi connectivity index (χ3v) is 6.75. The fourth-order valence-corrected chi connectivity index (χ4v) is 4.75. The average molecular weight is 356 g/mol. The van der Waals surface area contributed by atoms with Gasteiger partial charge in [-0.15, -0.1) is 11.3 Å². The van der Waals surface area contributed by atoms with Crippen LogP contribution in [0.3, 0.4) is 0 Å². The predicted molar refractivity (Wildman–Crippen MR) is 73.3 cm³/mol. The maximum atomic E-state index is 12.0. The first kappa shape index (κ1) is 15.6. The number of aryl methyl sites for hydroxylation is 1. The van der Waals surface area contributed by atoms with Crippen molar-refractivity contribution < 1.29 is 18.3 Å². The van der Waals surface area contributed by atoms with E-state index in [1.54, 1.807) is 13.0 Å². The second-order valence-electron chi connectivity index (χ2n) is 4.06. The van der Waals surface area contributed by atoms with E-state index in [0.717, 1.165) is 20.7 Å². The van der Waals surface area contributed by atoms with Crippen LogP contribution in [0, 0.1) is 12.8 Å². The third kappa shape index (κ3) is 3.53. The van der Waals surface area contributed by atoms with Crippen molar-refractivity contribution in [2.45, 2.75) is 31.0 Å². The van der Waals surface area contributed by atoms with Gasteiger partial charge < -0.3 is 5.11 Å². The molecule has 0 radical (unpaired) electrons. The molecule has 0 saturated heterocycles. The minimum Gasteiger partial charge on any atom is -0.481 e. The lowest BCUT2D eigenvalue weighted by Gasteiger charge is -2.16. The van der Waals surface area contributed by atoms with Crippen molar-refractivity contribution in [3.05, 3.63) is 15.4 Å². The Bertz CT molecular complexity index is 533. The van der Waals surface area contributed by atoms with Crippen LogP contribution in [0.15, 0.2) is 14.1 Å². The molecule has 0 saturated carbocycles. The van der Waals surface area contributed by atoms with Crippen LogP contribution < -0.4 is 4.72 Å². The molecule has 0 fully saturated rings. The highest BCUT2D eigenvalue weighted by molar-refractivity contribution is 9.11. The molecule has 2 unspecified atom stereocenters. The van der Waals surface area contributed by atoms with Crippen LogP contribution >= 0.6 is 27.3 Å². The summed E-state index contributed by atoms with van der Waals surface area (Å²) in [4.78, 5) is 10.8. The van der Waals surface area contributed by atoms with Gasteiger partial charge in [-0.3, -0.25) is 4.79 Å². The first-order chi connectivity index (χ1) is 8.15. The van der Waals surface area contributed by atoms with Crippen LogP contribution in [0.25, 0.3) is 0 Å². The number of hydrogen-bond acceptors (Lipinski definition) is 4. The Balaban J connectivity index is 2.92. The van der Waals surface area contributed by atoms with Crippen LogP contribution in [0.5, 0.6) is 0 Å². The zero-order valence-corrected chi connectivity index (χ0v) is 13.3. The summed E-state index contributed by atoms with van der Waals surface area (Å²) in [5, 5.41) is 8.83. The molecule has 1 aromatic rings. The number of sulfonamides is 1. The van der Waals surface area contributed by atoms with Crippen LogP contribution in [0.4, 0.5) is 0 Å². The summed E-state index contributed by atoms with van der Waals surface area (Å²) in [5.74, 6) is -1.82. The van der Waals surface area contributed by atoms with Gasteiger partial charge in [-0.05, 0) is 41.4 Å². The van der Waals surface area contributed by atoms with Gasteiger partial charge in [0.1, 0.15) is 4.21 Å². The maximum absolute atomic E-state index is 12.0. The fraction of sp³-hybridized carbons (Fsp3) is 0.500. The molecule has 2 N–H and O–H groups in total. The van der Waals surface area contributed by atoms with Crippen molar-refractivity contribution in [2.24, 2.45) is 5.92 Å². The lowest BCUT2D eigenvalue weighted by Crippen LogP contribution is -2.39. The number of halogens is 1. The average Bonchev–Trinajstić information content (AvgIpc) is 2.58. The Labute approximate surface area is 118 Å². The molecule has 0 aliphatic rings. The summed E-state index contributed by atoms with van der Waals surface area (Å²) in [7, 11) is -3.66. The molecule has 1 rings (SSSR count). The van der Waals surface area contributed by atoms with E-state index < -0.39 is 28.0 Å². The van der Waals surface area contributed by atoms with Crippen LogP contribution in [-0.4, -0.2) is 25.5 Å². The number of nitrogens with one attached hydrogen (secondary N) is 1. The van der Waals surface area contributed by atoms with E-state index in [9.17, 15) is 13.2 Å². The Kier molecular flexibility index (Phi) is 4.93. The first-order valence-electron chi connectivity index (χ1n) is 5.16. The molecule has 0 bridgehead atoms. The van der Waals surface area contributed by atoms with Gasteiger partial charge in [0.15, 0.2) is 0 Å². The van der Waals surface area contributed by atoms with Gasteiger partial charge in [-0.2, -0.15) is 0 Å². The van der Waals surface area contributed by atoms with Gasteiger partial charge in [0.2, 0.25) is 10.0 Å². The molecule has 0 aliphatic heterocycles. The first-order valence-corrected chi connectivity index (χ1v) is 8.25. The highest BCUT2D eigenvalue weighted by atomic mass is 79.9. The molecule has 8 heteroatoms. The lowest BCUT2D eigenvalue weighted by atomic mass is 10.1. The van der Waals surface area contributed by atoms with Crippen molar-refractivity contribution in [2.75, 3.05) is 0 Å². The number of carbonyl (C=O) groups is 1. The predicted octanol–water partition coefficient (Wildman–Crippen LogP) is 2.21. The smallest absolute Gasteiger partial charge is 0.307 e. The quantitative estimate of drug-likeness (QED) is 0.847. The summed E-state index contributed by atoms with van der Waals surface area (Å²) in [6, 6.07) is 0.878. The van der Waals surface area contributed by atoms with E-state index >= 15 is 0 Å². The van der Waals surface area contributed by atoms with Crippen molar-refractivity contribution in [1.82, 2.24) is 4.72 Å². The molecule has 0 aliphatic carbocycles. The van der Waals surface area contributed by atoms with Gasteiger partial charge in [0.25, 0.3) is 0 Å². The van der Waals surface area contributed by atoms with Gasteiger partial charge in [-0.1, -0.05) is 6.92 Å². The topological polar surface area (TPSA) is 83.5 Å². The molecule has 1 aromatic heterocycles. The summed E-state index contributed by atoms with van der Waals surface area (Å²) in [6.45, 7) is 4.79. The normalized spacial score (nSPS) is 15.3. The Morgan fingerprint density at radius 3 is 2.44 bits per heavy atom. The number of carboxylic acids is 1. The molecular weight excluding hydrogens is 342 g/mol. The number of hydrogen-bond donors (Lipinski definition) is 2. The molecule has 0 spiro atoms. The highest BCUT2D eigenvalue weighted by Gasteiger charge is 2.26. The van der Waals surface area contributed by atoms with Crippen molar-refractivity contribution >= 4 is 43.3 Å². The van der Waals surface area contributed by atoms with Crippen LogP contribution in [0.1, 0.15) is 19.4 Å². The number of carboxylic acid groups (broad SMARTS) is 1. The molecule has 0 amide bonds. The fourth-order valence-electron chi connectivity index (χ4n) is 1.18. The second-order valence-corrected chi connectivity index (χ2v) is 8.37. The number of rotatable bonds is 5. The minimum atomic E-state index is -3.66. The van der Waals surface area contributed by atoms with Crippen molar-refractivity contribution in [1.29, 1.82) is 0 Å². The molecule has 5 nitrogen and oxygen atoms in total. The van der Waals surface area contributed by atoms with Gasteiger partial charge in [0.05, 0.1) is 9.70 Å². The lowest BCUT2D eigenvalue weighted by molar-refractivity contribution is -0.141. The number of thiophene rings is 1. The Morgan fingerprint density at radius 2 is 2.06 bits per heavy atom. The van der Waals surface area contributed by atoms with E-state index in [-0.39, 0.29) is 4.21 Å². The molecule has 102 valence electrons. The van der Waals surface area contributed by atoms with Crippen molar-refractivity contribution in [3.63, 3.8) is 0 Å². The standard InChI is InChI=1S/C10H14BrNO4S2/c1-5-4-8(17-9(5)11)18(15,16)12-7(3)6(2)10(13)14/h4,6-7,12H,1-3H3,(H,13,14). The molecule has 0 aromatic carbocycles. The summed E-state index contributed by atoms with van der Waals surface area (Å²) < 4.78 is 27.3. The summed E-state index contributed by atoms with van der Waals surface area (Å²) >= 11 is 4.36. The van der Waals surface area contributed by atoms with E-state index in [0.29, 0.717) is 0 Å². The van der Waals surface area contributed by atoms with Gasteiger partial charge >= 0.3 is 5.97 Å². The second kappa shape index (κ2) is 5.68. The maximum Gasteiger partial charge on any atom is 0.307 e. The molecular formula is C10H14BrNO4S2. The SMILES string of the molecule is Cc1cc(S(=O)(=O)NC(C)C(C)C(=O)O)sc1Br. The molecule has 2 atom stereocenters. The van der Waals surface area contributed by atoms with E-state index in [4.69, 9.17) is 5.11 Å². The Morgan fingerprint density at radius 1 is 1.50 bits per heavy atom. The summed E-state index contributed by atoms with van der Waals surface area (Å²) in [6.07, 6.45) is 0. The van der Waals surface area contributed by atoms with E-state index in [2.05, 4.69) is 20.7 Å². The zero-order valence-electron chi connectivity index (χ0n) is 10.1. The molecule has 1 heterocycles. The zero-order chi connectivity index (χ0) is 14.1. The minimum absolute atomic E-state index is 0.177. The van der Waals surface area contributed by atoms with Gasteiger partial charge in [0, 0.05) is 6.04 Å². The highest BCUT2D eigenvalue weighted by Crippen LogP contribution is 2.30. The largest absolute Gasteiger partial charge is 0.481 e. The Hall–Kier alpha value is -0.440. The van der Waals surface area contributed by atoms with E-state index in [1.807, 2.05) is 0 Å². The van der Waals surface area contributed by atoms with Crippen molar-refractivity contribution in [3.8, 4) is 0 Å². The third-order valence-electron chi connectivity index (χ3n) is 2.58. The van der Waals surface area contributed by atoms with Crippen LogP contribution in [0.2, 0.25) is 0 Å². The number of aliphatic carboxylic acids is 1.